The minimum absolute atomic E-state index is 0.527. The molecule has 2 saturated heterocycles. The van der Waals surface area contributed by atoms with E-state index in [0.29, 0.717) is 5.56 Å². The summed E-state index contributed by atoms with van der Waals surface area (Å²) in [6, 6.07) is 18.4. The number of aryl methyl sites for hydroxylation is 1. The molecule has 2 aliphatic heterocycles. The SMILES string of the molecule is Cc1c(Nc2c(C#N)cncc2/C=C/c2ccc(C[N+]3(C4CCNCC4)CCCCC3)cc2)ccc2[nH]ccc12. The molecule has 2 fully saturated rings. The summed E-state index contributed by atoms with van der Waals surface area (Å²) < 4.78 is 1.27. The van der Waals surface area contributed by atoms with E-state index in [1.807, 2.05) is 12.4 Å². The summed E-state index contributed by atoms with van der Waals surface area (Å²) >= 11 is 0. The van der Waals surface area contributed by atoms with Gasteiger partial charge in [0.05, 0.1) is 30.4 Å². The van der Waals surface area contributed by atoms with E-state index in [1.54, 1.807) is 6.20 Å². The van der Waals surface area contributed by atoms with E-state index in [0.717, 1.165) is 59.3 Å². The number of benzene rings is 2. The van der Waals surface area contributed by atoms with Gasteiger partial charge in [-0.05, 0) is 55.5 Å². The second kappa shape index (κ2) is 11.7. The molecule has 6 rings (SSSR count). The number of nitriles is 1. The Morgan fingerprint density at radius 2 is 1.80 bits per heavy atom. The number of aromatic nitrogens is 2. The highest BCUT2D eigenvalue weighted by Gasteiger charge is 2.38. The van der Waals surface area contributed by atoms with Crippen LogP contribution >= 0.6 is 0 Å². The van der Waals surface area contributed by atoms with E-state index < -0.39 is 0 Å². The largest absolute Gasteiger partial charge is 0.361 e. The number of H-pyrrole nitrogens is 1. The van der Waals surface area contributed by atoms with E-state index in [9.17, 15) is 5.26 Å². The van der Waals surface area contributed by atoms with Crippen LogP contribution < -0.4 is 10.6 Å². The first-order chi connectivity index (χ1) is 19.6. The molecule has 0 aliphatic carbocycles. The molecule has 0 saturated carbocycles. The minimum atomic E-state index is 0.527. The van der Waals surface area contributed by atoms with Gasteiger partial charge in [0.1, 0.15) is 12.6 Å². The Balaban J connectivity index is 1.22. The summed E-state index contributed by atoms with van der Waals surface area (Å²) in [7, 11) is 0. The molecule has 0 spiro atoms. The number of nitrogens with zero attached hydrogens (tertiary/aromatic N) is 3. The van der Waals surface area contributed by atoms with Gasteiger partial charge in [-0.25, -0.2) is 0 Å². The summed E-state index contributed by atoms with van der Waals surface area (Å²) in [5.74, 6) is 0. The third-order valence-corrected chi connectivity index (χ3v) is 9.08. The number of hydrogen-bond acceptors (Lipinski definition) is 4. The zero-order chi connectivity index (χ0) is 27.4. The molecular formula is C34H39N6+. The molecular weight excluding hydrogens is 492 g/mol. The lowest BCUT2D eigenvalue weighted by Crippen LogP contribution is -2.59. The molecule has 40 heavy (non-hydrogen) atoms. The first-order valence-electron chi connectivity index (χ1n) is 14.7. The van der Waals surface area contributed by atoms with Gasteiger partial charge >= 0.3 is 0 Å². The molecule has 2 aromatic carbocycles. The van der Waals surface area contributed by atoms with Crippen molar-refractivity contribution in [3.8, 4) is 6.07 Å². The van der Waals surface area contributed by atoms with E-state index in [-0.39, 0.29) is 0 Å². The van der Waals surface area contributed by atoms with Crippen molar-refractivity contribution < 1.29 is 4.48 Å². The number of rotatable bonds is 7. The number of hydrogen-bond donors (Lipinski definition) is 3. The summed E-state index contributed by atoms with van der Waals surface area (Å²) in [6.07, 6.45) is 16.3. The normalized spacial score (nSPS) is 17.7. The first kappa shape index (κ1) is 26.3. The molecule has 0 atom stereocenters. The number of fused-ring (bicyclic) bond motifs is 1. The third kappa shape index (κ3) is 5.40. The summed E-state index contributed by atoms with van der Waals surface area (Å²) in [6.45, 7) is 8.20. The van der Waals surface area contributed by atoms with Gasteiger partial charge in [-0.15, -0.1) is 0 Å². The van der Waals surface area contributed by atoms with Crippen LogP contribution in [-0.2, 0) is 6.54 Å². The van der Waals surface area contributed by atoms with Gasteiger partial charge in [-0.1, -0.05) is 36.4 Å². The minimum Gasteiger partial charge on any atom is -0.361 e. The fourth-order valence-electron chi connectivity index (χ4n) is 6.81. The van der Waals surface area contributed by atoms with Crippen LogP contribution in [0.5, 0.6) is 0 Å². The van der Waals surface area contributed by atoms with Crippen LogP contribution in [0.25, 0.3) is 23.1 Å². The maximum Gasteiger partial charge on any atom is 0.105 e. The van der Waals surface area contributed by atoms with Gasteiger partial charge in [-0.3, -0.25) is 4.98 Å². The number of nitrogens with one attached hydrogen (secondary N) is 3. The van der Waals surface area contributed by atoms with Gasteiger partial charge in [0.25, 0.3) is 0 Å². The van der Waals surface area contributed by atoms with Gasteiger partial charge < -0.3 is 20.1 Å². The Morgan fingerprint density at radius 3 is 2.58 bits per heavy atom. The fourth-order valence-corrected chi connectivity index (χ4v) is 6.81. The van der Waals surface area contributed by atoms with Crippen LogP contribution in [0.1, 0.15) is 59.9 Å². The monoisotopic (exact) mass is 531 g/mol. The zero-order valence-electron chi connectivity index (χ0n) is 23.4. The Bertz CT molecular complexity index is 1530. The summed E-state index contributed by atoms with van der Waals surface area (Å²) in [4.78, 5) is 7.60. The average molecular weight is 532 g/mol. The highest BCUT2D eigenvalue weighted by atomic mass is 15.4. The summed E-state index contributed by atoms with van der Waals surface area (Å²) in [5, 5.41) is 18.1. The van der Waals surface area contributed by atoms with Crippen LogP contribution in [0.15, 0.2) is 61.1 Å². The smallest absolute Gasteiger partial charge is 0.105 e. The molecule has 2 aliphatic rings. The number of anilines is 2. The van der Waals surface area contributed by atoms with Crippen LogP contribution in [0, 0.1) is 18.3 Å². The predicted octanol–water partition coefficient (Wildman–Crippen LogP) is 6.91. The van der Waals surface area contributed by atoms with Crippen LogP contribution in [0.4, 0.5) is 11.4 Å². The quantitative estimate of drug-likeness (QED) is 0.227. The molecule has 4 heterocycles. The molecule has 4 aromatic rings. The van der Waals surface area contributed by atoms with E-state index in [4.69, 9.17) is 0 Å². The maximum atomic E-state index is 9.83. The number of quaternary nitrogens is 1. The first-order valence-corrected chi connectivity index (χ1v) is 14.7. The molecule has 0 unspecified atom stereocenters. The Kier molecular flexibility index (Phi) is 7.68. The van der Waals surface area contributed by atoms with Crippen molar-refractivity contribution in [3.05, 3.63) is 88.9 Å². The standard InChI is InChI=1S/C34H39N6/c1-25-31-15-18-38-33(31)12-11-32(25)39-34-28(22-37-23-29(34)21-35)10-9-26-5-7-27(8-6-26)24-40(19-3-2-4-20-40)30-13-16-36-17-14-30/h5-12,15,18,22-23,30,36,38H,2-4,13-14,16-17,19-20,24H2,1H3,(H,37,39)/q+1/b10-9+. The molecule has 0 bridgehead atoms. The van der Waals surface area contributed by atoms with Crippen molar-refractivity contribution in [2.75, 3.05) is 31.5 Å². The zero-order valence-corrected chi connectivity index (χ0v) is 23.4. The number of aromatic amines is 1. The second-order valence-electron chi connectivity index (χ2n) is 11.5. The van der Waals surface area contributed by atoms with E-state index in [1.165, 1.54) is 60.6 Å². The maximum absolute atomic E-state index is 9.83. The molecule has 0 radical (unpaired) electrons. The Hall–Kier alpha value is -3.92. The topological polar surface area (TPSA) is 76.5 Å². The van der Waals surface area contributed by atoms with Crippen molar-refractivity contribution in [1.29, 1.82) is 5.26 Å². The van der Waals surface area contributed by atoms with Crippen molar-refractivity contribution in [2.24, 2.45) is 0 Å². The third-order valence-electron chi connectivity index (χ3n) is 9.08. The highest BCUT2D eigenvalue weighted by Crippen LogP contribution is 2.32. The lowest BCUT2D eigenvalue weighted by Gasteiger charge is -2.49. The van der Waals surface area contributed by atoms with Gasteiger partial charge in [0.15, 0.2) is 0 Å². The van der Waals surface area contributed by atoms with Crippen LogP contribution in [0.2, 0.25) is 0 Å². The molecule has 6 heteroatoms. The van der Waals surface area contributed by atoms with Crippen LogP contribution in [-0.4, -0.2) is 46.7 Å². The van der Waals surface area contributed by atoms with Gasteiger partial charge in [-0.2, -0.15) is 5.26 Å². The predicted molar refractivity (Wildman–Crippen MR) is 164 cm³/mol. The molecule has 6 nitrogen and oxygen atoms in total. The van der Waals surface area contributed by atoms with Crippen molar-refractivity contribution in [3.63, 3.8) is 0 Å². The average Bonchev–Trinajstić information content (AvgIpc) is 3.49. The number of pyridine rings is 1. The van der Waals surface area contributed by atoms with Crippen molar-refractivity contribution in [1.82, 2.24) is 15.3 Å². The number of likely N-dealkylation sites (tertiary alicyclic amines) is 1. The Labute approximate surface area is 237 Å². The second-order valence-corrected chi connectivity index (χ2v) is 11.5. The van der Waals surface area contributed by atoms with E-state index in [2.05, 4.69) is 88.2 Å². The molecule has 0 amide bonds. The fraction of sp³-hybridized carbons (Fsp3) is 0.353. The lowest BCUT2D eigenvalue weighted by molar-refractivity contribution is -0.968. The van der Waals surface area contributed by atoms with E-state index >= 15 is 0 Å². The molecule has 204 valence electrons. The Morgan fingerprint density at radius 1 is 1.00 bits per heavy atom. The van der Waals surface area contributed by atoms with Crippen molar-refractivity contribution in [2.45, 2.75) is 51.6 Å². The molecule has 2 aromatic heterocycles. The highest BCUT2D eigenvalue weighted by molar-refractivity contribution is 5.90. The van der Waals surface area contributed by atoms with Crippen molar-refractivity contribution >= 4 is 34.4 Å². The number of piperidine rings is 2. The molecule has 3 N–H and O–H groups in total. The van der Waals surface area contributed by atoms with Gasteiger partial charge in [0.2, 0.25) is 0 Å². The van der Waals surface area contributed by atoms with Crippen LogP contribution in [0.3, 0.4) is 0 Å². The summed E-state index contributed by atoms with van der Waals surface area (Å²) in [5.41, 5.74) is 8.01. The van der Waals surface area contributed by atoms with Gasteiger partial charge in [0, 0.05) is 72.2 Å². The lowest BCUT2D eigenvalue weighted by atomic mass is 9.95.